The Bertz CT molecular complexity index is 372. The fraction of sp³-hybridized carbons (Fsp3) is 0.571. The molecule has 1 aromatic carbocycles. The Morgan fingerprint density at radius 1 is 1.47 bits per heavy atom. The van der Waals surface area contributed by atoms with Gasteiger partial charge in [-0.25, -0.2) is 4.39 Å². The maximum Gasteiger partial charge on any atom is 0.127 e. The van der Waals surface area contributed by atoms with E-state index in [1.165, 1.54) is 0 Å². The Morgan fingerprint density at radius 2 is 2.29 bits per heavy atom. The van der Waals surface area contributed by atoms with Gasteiger partial charge in [0.05, 0.1) is 0 Å². The van der Waals surface area contributed by atoms with Crippen molar-refractivity contribution in [2.75, 3.05) is 20.1 Å². The predicted molar refractivity (Wildman–Crippen MR) is 68.5 cm³/mol. The van der Waals surface area contributed by atoms with Gasteiger partial charge >= 0.3 is 0 Å². The molecule has 3 heteroatoms. The van der Waals surface area contributed by atoms with E-state index in [-0.39, 0.29) is 5.82 Å². The van der Waals surface area contributed by atoms with Crippen molar-refractivity contribution in [3.05, 3.63) is 35.1 Å². The Balaban J connectivity index is 2.11. The molecule has 1 unspecified atom stereocenters. The topological polar surface area (TPSA) is 15.3 Å². The van der Waals surface area contributed by atoms with E-state index < -0.39 is 0 Å². The van der Waals surface area contributed by atoms with Crippen LogP contribution in [0, 0.1) is 5.82 Å². The Kier molecular flexibility index (Phi) is 4.13. The lowest BCUT2D eigenvalue weighted by Gasteiger charge is -2.24. The van der Waals surface area contributed by atoms with Crippen LogP contribution in [0.1, 0.15) is 24.5 Å². The van der Waals surface area contributed by atoms with Crippen LogP contribution >= 0.6 is 0 Å². The average molecular weight is 236 g/mol. The first kappa shape index (κ1) is 12.5. The van der Waals surface area contributed by atoms with Gasteiger partial charge in [0.25, 0.3) is 0 Å². The van der Waals surface area contributed by atoms with Crippen molar-refractivity contribution in [3.8, 4) is 0 Å². The summed E-state index contributed by atoms with van der Waals surface area (Å²) in [6.07, 6.45) is 2.05. The van der Waals surface area contributed by atoms with Crippen molar-refractivity contribution in [2.24, 2.45) is 0 Å². The van der Waals surface area contributed by atoms with Crippen molar-refractivity contribution >= 4 is 0 Å². The predicted octanol–water partition coefficient (Wildman–Crippen LogP) is 2.18. The lowest BCUT2D eigenvalue weighted by atomic mass is 10.0. The van der Waals surface area contributed by atoms with E-state index in [9.17, 15) is 4.39 Å². The quantitative estimate of drug-likeness (QED) is 0.862. The lowest BCUT2D eigenvalue weighted by Crippen LogP contribution is -2.33. The van der Waals surface area contributed by atoms with Crippen LogP contribution in [0.2, 0.25) is 0 Å². The van der Waals surface area contributed by atoms with Crippen LogP contribution in [-0.4, -0.2) is 31.1 Å². The number of rotatable bonds is 4. The average Bonchev–Trinajstić information content (AvgIpc) is 2.85. The minimum atomic E-state index is -0.0674. The number of hydrogen-bond acceptors (Lipinski definition) is 2. The Morgan fingerprint density at radius 3 is 2.94 bits per heavy atom. The summed E-state index contributed by atoms with van der Waals surface area (Å²) in [7, 11) is 2.09. The van der Waals surface area contributed by atoms with Gasteiger partial charge in [-0.1, -0.05) is 19.1 Å². The Hall–Kier alpha value is -0.930. The van der Waals surface area contributed by atoms with Gasteiger partial charge in [-0.15, -0.1) is 0 Å². The van der Waals surface area contributed by atoms with Gasteiger partial charge in [0, 0.05) is 24.7 Å². The standard InChI is InChI=1S/C14H21FN2/c1-3-11-5-4-6-14(15)13(11)10-17(2)12-7-8-16-9-12/h4-6,12,16H,3,7-10H2,1-2H3. The molecule has 1 atom stereocenters. The number of benzene rings is 1. The molecule has 0 aromatic heterocycles. The number of aryl methyl sites for hydroxylation is 1. The van der Waals surface area contributed by atoms with Crippen LogP contribution in [0.3, 0.4) is 0 Å². The zero-order chi connectivity index (χ0) is 12.3. The number of halogens is 1. The number of nitrogens with one attached hydrogen (secondary N) is 1. The van der Waals surface area contributed by atoms with Gasteiger partial charge in [-0.05, 0) is 38.1 Å². The molecule has 94 valence electrons. The molecule has 1 fully saturated rings. The highest BCUT2D eigenvalue weighted by molar-refractivity contribution is 5.28. The van der Waals surface area contributed by atoms with E-state index in [2.05, 4.69) is 24.2 Å². The summed E-state index contributed by atoms with van der Waals surface area (Å²) in [6, 6.07) is 5.93. The number of likely N-dealkylation sites (N-methyl/N-ethyl adjacent to an activating group) is 1. The third-order valence-corrected chi connectivity index (χ3v) is 3.66. The molecular weight excluding hydrogens is 215 g/mol. The second-order valence-electron chi connectivity index (χ2n) is 4.79. The molecule has 1 saturated heterocycles. The maximum atomic E-state index is 13.8. The highest BCUT2D eigenvalue weighted by atomic mass is 19.1. The lowest BCUT2D eigenvalue weighted by molar-refractivity contribution is 0.245. The van der Waals surface area contributed by atoms with Crippen LogP contribution in [0.4, 0.5) is 4.39 Å². The smallest absolute Gasteiger partial charge is 0.127 e. The summed E-state index contributed by atoms with van der Waals surface area (Å²) in [5.74, 6) is -0.0674. The van der Waals surface area contributed by atoms with Gasteiger partial charge in [-0.2, -0.15) is 0 Å². The van der Waals surface area contributed by atoms with Crippen molar-refractivity contribution < 1.29 is 4.39 Å². The third kappa shape index (κ3) is 2.85. The van der Waals surface area contributed by atoms with Gasteiger partial charge in [0.2, 0.25) is 0 Å². The van der Waals surface area contributed by atoms with Gasteiger partial charge in [0.1, 0.15) is 5.82 Å². The normalized spacial score (nSPS) is 20.1. The monoisotopic (exact) mass is 236 g/mol. The molecule has 1 N–H and O–H groups in total. The summed E-state index contributed by atoms with van der Waals surface area (Å²) in [5, 5.41) is 3.35. The molecular formula is C14H21FN2. The minimum Gasteiger partial charge on any atom is -0.315 e. The SMILES string of the molecule is CCc1cccc(F)c1CN(C)C1CCNC1. The molecule has 0 spiro atoms. The number of nitrogens with zero attached hydrogens (tertiary/aromatic N) is 1. The second-order valence-corrected chi connectivity index (χ2v) is 4.79. The van der Waals surface area contributed by atoms with Crippen LogP contribution in [0.5, 0.6) is 0 Å². The minimum absolute atomic E-state index is 0.0674. The van der Waals surface area contributed by atoms with Crippen molar-refractivity contribution in [2.45, 2.75) is 32.4 Å². The van der Waals surface area contributed by atoms with E-state index in [1.807, 2.05) is 6.07 Å². The summed E-state index contributed by atoms with van der Waals surface area (Å²) < 4.78 is 13.8. The van der Waals surface area contributed by atoms with Gasteiger partial charge < -0.3 is 5.32 Å². The summed E-state index contributed by atoms with van der Waals surface area (Å²) in [6.45, 7) is 4.89. The van der Waals surface area contributed by atoms with Crippen molar-refractivity contribution in [1.29, 1.82) is 0 Å². The van der Waals surface area contributed by atoms with E-state index in [0.29, 0.717) is 12.6 Å². The first-order valence-electron chi connectivity index (χ1n) is 6.39. The molecule has 0 bridgehead atoms. The number of hydrogen-bond donors (Lipinski definition) is 1. The van der Waals surface area contributed by atoms with Crippen molar-refractivity contribution in [3.63, 3.8) is 0 Å². The highest BCUT2D eigenvalue weighted by Crippen LogP contribution is 2.18. The molecule has 0 radical (unpaired) electrons. The largest absolute Gasteiger partial charge is 0.315 e. The fourth-order valence-corrected chi connectivity index (χ4v) is 2.51. The van der Waals surface area contributed by atoms with Gasteiger partial charge in [-0.3, -0.25) is 4.90 Å². The van der Waals surface area contributed by atoms with Crippen LogP contribution < -0.4 is 5.32 Å². The molecule has 1 aliphatic heterocycles. The molecule has 0 amide bonds. The first-order valence-corrected chi connectivity index (χ1v) is 6.39. The summed E-state index contributed by atoms with van der Waals surface area (Å²) in [5.41, 5.74) is 1.99. The van der Waals surface area contributed by atoms with Crippen LogP contribution in [0.15, 0.2) is 18.2 Å². The maximum absolute atomic E-state index is 13.8. The van der Waals surface area contributed by atoms with Crippen LogP contribution in [-0.2, 0) is 13.0 Å². The first-order chi connectivity index (χ1) is 8.22. The molecule has 0 aliphatic carbocycles. The molecule has 2 rings (SSSR count). The van der Waals surface area contributed by atoms with E-state index >= 15 is 0 Å². The molecule has 1 aliphatic rings. The van der Waals surface area contributed by atoms with E-state index in [1.54, 1.807) is 12.1 Å². The zero-order valence-corrected chi connectivity index (χ0v) is 10.7. The molecule has 0 saturated carbocycles. The van der Waals surface area contributed by atoms with Crippen molar-refractivity contribution in [1.82, 2.24) is 10.2 Å². The third-order valence-electron chi connectivity index (χ3n) is 3.66. The summed E-state index contributed by atoms with van der Waals surface area (Å²) >= 11 is 0. The van der Waals surface area contributed by atoms with E-state index in [4.69, 9.17) is 0 Å². The van der Waals surface area contributed by atoms with E-state index in [0.717, 1.165) is 37.1 Å². The molecule has 1 aromatic rings. The zero-order valence-electron chi connectivity index (χ0n) is 10.7. The molecule has 17 heavy (non-hydrogen) atoms. The van der Waals surface area contributed by atoms with Gasteiger partial charge in [0.15, 0.2) is 0 Å². The molecule has 1 heterocycles. The second kappa shape index (κ2) is 5.61. The highest BCUT2D eigenvalue weighted by Gasteiger charge is 2.20. The fourth-order valence-electron chi connectivity index (χ4n) is 2.51. The Labute approximate surface area is 103 Å². The van der Waals surface area contributed by atoms with Crippen LogP contribution in [0.25, 0.3) is 0 Å². The molecule has 2 nitrogen and oxygen atoms in total. The summed E-state index contributed by atoms with van der Waals surface area (Å²) in [4.78, 5) is 2.26.